The van der Waals surface area contributed by atoms with Crippen molar-refractivity contribution in [1.82, 2.24) is 29.4 Å². The SMILES string of the molecule is COc1ccc(/C=N/OCc2nc3c4c(ncn3n2)Oc2c(c(C)nn2-c2ccccc2)[C@H]4c2ccc(C)cc2)cc1OC. The Bertz CT molecular complexity index is 2000. The molecule has 6 aromatic rings. The number of aryl methyl sites for hydroxylation is 2. The van der Waals surface area contributed by atoms with Crippen LogP contribution in [0.5, 0.6) is 23.3 Å². The summed E-state index contributed by atoms with van der Waals surface area (Å²) >= 11 is 0. The van der Waals surface area contributed by atoms with Gasteiger partial charge in [0.15, 0.2) is 29.6 Å². The van der Waals surface area contributed by atoms with Crippen LogP contribution in [0.2, 0.25) is 0 Å². The van der Waals surface area contributed by atoms with Gasteiger partial charge in [-0.25, -0.2) is 19.2 Å². The molecule has 1 aliphatic rings. The van der Waals surface area contributed by atoms with Gasteiger partial charge in [-0.2, -0.15) is 5.10 Å². The van der Waals surface area contributed by atoms with Crippen LogP contribution in [0.15, 0.2) is 84.3 Å². The van der Waals surface area contributed by atoms with E-state index in [2.05, 4.69) is 46.4 Å². The monoisotopic (exact) mass is 587 g/mol. The Morgan fingerprint density at radius 3 is 2.48 bits per heavy atom. The van der Waals surface area contributed by atoms with Crippen molar-refractivity contribution >= 4 is 11.9 Å². The second-order valence-corrected chi connectivity index (χ2v) is 10.4. The lowest BCUT2D eigenvalue weighted by Crippen LogP contribution is -2.16. The van der Waals surface area contributed by atoms with Gasteiger partial charge in [0, 0.05) is 5.56 Å². The van der Waals surface area contributed by atoms with Gasteiger partial charge in [0.05, 0.1) is 48.9 Å². The Morgan fingerprint density at radius 1 is 0.909 bits per heavy atom. The molecule has 7 rings (SSSR count). The summed E-state index contributed by atoms with van der Waals surface area (Å²) in [6, 6.07) is 23.9. The minimum absolute atomic E-state index is 0.0620. The fraction of sp³-hybridized carbons (Fsp3) is 0.182. The Morgan fingerprint density at radius 2 is 1.70 bits per heavy atom. The maximum atomic E-state index is 6.49. The van der Waals surface area contributed by atoms with Crippen molar-refractivity contribution in [2.75, 3.05) is 14.2 Å². The van der Waals surface area contributed by atoms with E-state index >= 15 is 0 Å². The second-order valence-electron chi connectivity index (χ2n) is 10.4. The highest BCUT2D eigenvalue weighted by atomic mass is 16.6. The van der Waals surface area contributed by atoms with Crippen LogP contribution >= 0.6 is 0 Å². The number of oxime groups is 1. The highest BCUT2D eigenvalue weighted by molar-refractivity contribution is 5.80. The maximum Gasteiger partial charge on any atom is 0.230 e. The van der Waals surface area contributed by atoms with Crippen LogP contribution in [0, 0.1) is 13.8 Å². The average Bonchev–Trinajstić information content (AvgIpc) is 3.63. The molecule has 220 valence electrons. The minimum Gasteiger partial charge on any atom is -0.493 e. The summed E-state index contributed by atoms with van der Waals surface area (Å²) in [6.07, 6.45) is 3.20. The first-order valence-corrected chi connectivity index (χ1v) is 14.0. The van der Waals surface area contributed by atoms with E-state index in [-0.39, 0.29) is 12.5 Å². The third-order valence-electron chi connectivity index (χ3n) is 7.55. The summed E-state index contributed by atoms with van der Waals surface area (Å²) in [6.45, 7) is 4.14. The van der Waals surface area contributed by atoms with Crippen molar-refractivity contribution in [2.24, 2.45) is 5.16 Å². The van der Waals surface area contributed by atoms with Gasteiger partial charge in [-0.3, -0.25) is 0 Å². The molecule has 1 atom stereocenters. The molecule has 44 heavy (non-hydrogen) atoms. The molecule has 0 spiro atoms. The van der Waals surface area contributed by atoms with E-state index in [1.54, 1.807) is 31.3 Å². The third-order valence-corrected chi connectivity index (χ3v) is 7.55. The van der Waals surface area contributed by atoms with Gasteiger partial charge in [0.1, 0.15) is 6.33 Å². The molecule has 0 unspecified atom stereocenters. The van der Waals surface area contributed by atoms with Gasteiger partial charge in [0.25, 0.3) is 0 Å². The fourth-order valence-electron chi connectivity index (χ4n) is 5.45. The van der Waals surface area contributed by atoms with Crippen LogP contribution < -0.4 is 14.2 Å². The molecule has 11 nitrogen and oxygen atoms in total. The topological polar surface area (TPSA) is 110 Å². The summed E-state index contributed by atoms with van der Waals surface area (Å²) in [5.74, 6) is 2.56. The quantitative estimate of drug-likeness (QED) is 0.163. The van der Waals surface area contributed by atoms with Crippen molar-refractivity contribution in [3.8, 4) is 28.9 Å². The summed E-state index contributed by atoms with van der Waals surface area (Å²) in [4.78, 5) is 15.1. The predicted octanol–water partition coefficient (Wildman–Crippen LogP) is 5.78. The maximum absolute atomic E-state index is 6.49. The van der Waals surface area contributed by atoms with E-state index in [0.717, 1.165) is 33.6 Å². The molecule has 0 saturated heterocycles. The van der Waals surface area contributed by atoms with E-state index in [9.17, 15) is 0 Å². The summed E-state index contributed by atoms with van der Waals surface area (Å²) < 4.78 is 20.6. The Labute approximate surface area is 253 Å². The van der Waals surface area contributed by atoms with Crippen LogP contribution in [0.3, 0.4) is 0 Å². The van der Waals surface area contributed by atoms with Gasteiger partial charge in [0.2, 0.25) is 11.8 Å². The number of hydrogen-bond acceptors (Lipinski definition) is 9. The van der Waals surface area contributed by atoms with Crippen LogP contribution in [-0.4, -0.2) is 49.8 Å². The number of nitrogens with zero attached hydrogens (tertiary/aromatic N) is 7. The highest BCUT2D eigenvalue weighted by Gasteiger charge is 2.38. The number of ether oxygens (including phenoxy) is 3. The van der Waals surface area contributed by atoms with Crippen LogP contribution in [0.25, 0.3) is 11.3 Å². The zero-order valence-electron chi connectivity index (χ0n) is 24.6. The lowest BCUT2D eigenvalue weighted by atomic mass is 9.84. The zero-order valence-corrected chi connectivity index (χ0v) is 24.6. The average molecular weight is 588 g/mol. The lowest BCUT2D eigenvalue weighted by Gasteiger charge is -2.26. The first-order chi connectivity index (χ1) is 21.5. The van der Waals surface area contributed by atoms with Crippen molar-refractivity contribution < 1.29 is 19.0 Å². The van der Waals surface area contributed by atoms with Gasteiger partial charge >= 0.3 is 0 Å². The predicted molar refractivity (Wildman–Crippen MR) is 163 cm³/mol. The number of benzene rings is 3. The van der Waals surface area contributed by atoms with E-state index < -0.39 is 0 Å². The number of hydrogen-bond donors (Lipinski definition) is 0. The summed E-state index contributed by atoms with van der Waals surface area (Å²) in [5, 5.41) is 13.6. The van der Waals surface area contributed by atoms with Crippen molar-refractivity contribution in [3.63, 3.8) is 0 Å². The van der Waals surface area contributed by atoms with Crippen LogP contribution in [-0.2, 0) is 11.4 Å². The Hall–Kier alpha value is -5.71. The number of methoxy groups -OCH3 is 2. The van der Waals surface area contributed by atoms with Gasteiger partial charge < -0.3 is 19.0 Å². The molecular weight excluding hydrogens is 558 g/mol. The molecule has 4 heterocycles. The van der Waals surface area contributed by atoms with E-state index in [4.69, 9.17) is 29.1 Å². The molecular formula is C33H29N7O4. The van der Waals surface area contributed by atoms with Crippen molar-refractivity contribution in [1.29, 1.82) is 0 Å². The molecule has 3 aromatic heterocycles. The first-order valence-electron chi connectivity index (χ1n) is 14.0. The standard InChI is InChI=1S/C33H29N7O4/c1-20-10-13-23(14-11-20)29-28-21(2)37-40(24-8-6-5-7-9-24)33(28)44-32-30(29)31-36-27(38-39(31)19-34-32)18-43-35-17-22-12-15-25(41-3)26(16-22)42-4/h5-17,19,29H,18H2,1-4H3/b35-17+/t29-/m1/s1. The molecule has 11 heteroatoms. The highest BCUT2D eigenvalue weighted by Crippen LogP contribution is 2.49. The molecule has 0 saturated carbocycles. The number of aromatic nitrogens is 6. The molecule has 0 fully saturated rings. The second kappa shape index (κ2) is 11.2. The van der Waals surface area contributed by atoms with E-state index in [0.29, 0.717) is 34.7 Å². The van der Waals surface area contributed by atoms with Crippen molar-refractivity contribution in [3.05, 3.63) is 118 Å². The van der Waals surface area contributed by atoms with Crippen LogP contribution in [0.1, 0.15) is 45.3 Å². The fourth-order valence-corrected chi connectivity index (χ4v) is 5.45. The molecule has 0 bridgehead atoms. The number of para-hydroxylation sites is 1. The number of rotatable bonds is 8. The number of fused-ring (bicyclic) bond motifs is 4. The van der Waals surface area contributed by atoms with Gasteiger partial charge in [-0.05, 0) is 49.7 Å². The summed E-state index contributed by atoms with van der Waals surface area (Å²) in [5.41, 5.74) is 7.20. The Balaban J connectivity index is 1.25. The largest absolute Gasteiger partial charge is 0.493 e. The van der Waals surface area contributed by atoms with Gasteiger partial charge in [-0.15, -0.1) is 5.10 Å². The van der Waals surface area contributed by atoms with E-state index in [1.807, 2.05) is 60.1 Å². The first kappa shape index (κ1) is 27.1. The summed E-state index contributed by atoms with van der Waals surface area (Å²) in [7, 11) is 3.18. The molecule has 1 aliphatic heterocycles. The molecule has 3 aromatic carbocycles. The Kier molecular flexibility index (Phi) is 6.89. The normalized spacial score (nSPS) is 13.9. The molecule has 0 aliphatic carbocycles. The van der Waals surface area contributed by atoms with Gasteiger partial charge in [-0.1, -0.05) is 53.2 Å². The minimum atomic E-state index is -0.232. The zero-order chi connectivity index (χ0) is 30.2. The molecule has 0 amide bonds. The van der Waals surface area contributed by atoms with Crippen LogP contribution in [0.4, 0.5) is 0 Å². The van der Waals surface area contributed by atoms with E-state index in [1.165, 1.54) is 5.56 Å². The smallest absolute Gasteiger partial charge is 0.230 e. The molecule has 0 radical (unpaired) electrons. The molecule has 0 N–H and O–H groups in total. The van der Waals surface area contributed by atoms with Crippen molar-refractivity contribution in [2.45, 2.75) is 26.4 Å². The lowest BCUT2D eigenvalue weighted by molar-refractivity contribution is 0.126. The third kappa shape index (κ3) is 4.77.